The van der Waals surface area contributed by atoms with Crippen molar-refractivity contribution in [2.45, 2.75) is 26.4 Å². The first-order chi connectivity index (χ1) is 10.0. The molecule has 0 saturated heterocycles. The lowest BCUT2D eigenvalue weighted by molar-refractivity contribution is -0.384. The molecule has 1 aromatic heterocycles. The van der Waals surface area contributed by atoms with Gasteiger partial charge in [0.1, 0.15) is 0 Å². The number of nitrogens with zero attached hydrogens (tertiary/aromatic N) is 2. The first-order valence-electron chi connectivity index (χ1n) is 6.53. The van der Waals surface area contributed by atoms with Crippen molar-refractivity contribution in [1.82, 2.24) is 4.57 Å². The Labute approximate surface area is 120 Å². The van der Waals surface area contributed by atoms with E-state index in [1.54, 1.807) is 0 Å². The van der Waals surface area contributed by atoms with Crippen molar-refractivity contribution in [3.63, 3.8) is 0 Å². The van der Waals surface area contributed by atoms with Crippen molar-refractivity contribution >= 4 is 11.4 Å². The minimum atomic E-state index is -1.24. The fourth-order valence-electron chi connectivity index (χ4n) is 2.04. The Hall–Kier alpha value is -2.44. The Bertz CT molecular complexity index is 656. The molecule has 0 atom stereocenters. The molecule has 1 aromatic carbocycles. The SMILES string of the molecule is CCCn1ccc(CNc2c([N+](=O)[O-])ccc(F)c2F)c1. The maximum absolute atomic E-state index is 13.7. The smallest absolute Gasteiger partial charge is 0.295 e. The van der Waals surface area contributed by atoms with Crippen LogP contribution in [0.4, 0.5) is 20.2 Å². The third-order valence-corrected chi connectivity index (χ3v) is 3.03. The van der Waals surface area contributed by atoms with Gasteiger partial charge in [-0.2, -0.15) is 0 Å². The summed E-state index contributed by atoms with van der Waals surface area (Å²) in [6.07, 6.45) is 4.71. The lowest BCUT2D eigenvalue weighted by atomic mass is 10.2. The van der Waals surface area contributed by atoms with E-state index in [0.717, 1.165) is 30.7 Å². The van der Waals surface area contributed by atoms with Crippen LogP contribution < -0.4 is 5.32 Å². The van der Waals surface area contributed by atoms with Crippen LogP contribution in [-0.4, -0.2) is 9.49 Å². The molecule has 2 aromatic rings. The van der Waals surface area contributed by atoms with Gasteiger partial charge in [0.15, 0.2) is 17.3 Å². The van der Waals surface area contributed by atoms with Gasteiger partial charge in [0.05, 0.1) is 4.92 Å². The van der Waals surface area contributed by atoms with Gasteiger partial charge in [-0.15, -0.1) is 0 Å². The first kappa shape index (κ1) is 15.0. The molecular formula is C14H15F2N3O2. The highest BCUT2D eigenvalue weighted by Gasteiger charge is 2.21. The maximum Gasteiger partial charge on any atom is 0.295 e. The van der Waals surface area contributed by atoms with Gasteiger partial charge in [0, 0.05) is 31.5 Å². The highest BCUT2D eigenvalue weighted by atomic mass is 19.2. The number of aryl methyl sites for hydroxylation is 1. The van der Waals surface area contributed by atoms with Crippen molar-refractivity contribution in [3.05, 3.63) is 57.9 Å². The molecule has 0 fully saturated rings. The molecule has 112 valence electrons. The van der Waals surface area contributed by atoms with E-state index in [2.05, 4.69) is 5.32 Å². The van der Waals surface area contributed by atoms with Crippen LogP contribution >= 0.6 is 0 Å². The summed E-state index contributed by atoms with van der Waals surface area (Å²) in [5.74, 6) is -2.36. The van der Waals surface area contributed by atoms with Crippen LogP contribution in [0.25, 0.3) is 0 Å². The Morgan fingerprint density at radius 1 is 1.33 bits per heavy atom. The predicted molar refractivity (Wildman–Crippen MR) is 75.1 cm³/mol. The minimum absolute atomic E-state index is 0.178. The number of nitro groups is 1. The Kier molecular flexibility index (Phi) is 4.52. The number of nitrogens with one attached hydrogen (secondary N) is 1. The largest absolute Gasteiger partial charge is 0.373 e. The van der Waals surface area contributed by atoms with E-state index < -0.39 is 27.9 Å². The number of hydrogen-bond acceptors (Lipinski definition) is 3. The third-order valence-electron chi connectivity index (χ3n) is 3.03. The molecule has 0 aliphatic heterocycles. The van der Waals surface area contributed by atoms with E-state index in [4.69, 9.17) is 0 Å². The van der Waals surface area contributed by atoms with Crippen molar-refractivity contribution in [2.75, 3.05) is 5.32 Å². The summed E-state index contributed by atoms with van der Waals surface area (Å²) in [4.78, 5) is 10.1. The average molecular weight is 295 g/mol. The van der Waals surface area contributed by atoms with Crippen LogP contribution in [-0.2, 0) is 13.1 Å². The molecule has 1 heterocycles. The Balaban J connectivity index is 2.18. The van der Waals surface area contributed by atoms with E-state index in [0.29, 0.717) is 0 Å². The molecule has 1 N–H and O–H groups in total. The van der Waals surface area contributed by atoms with Crippen LogP contribution in [0.2, 0.25) is 0 Å². The molecule has 0 aliphatic carbocycles. The minimum Gasteiger partial charge on any atom is -0.373 e. The van der Waals surface area contributed by atoms with E-state index in [-0.39, 0.29) is 6.54 Å². The molecule has 0 saturated carbocycles. The summed E-state index contributed by atoms with van der Waals surface area (Å²) in [6.45, 7) is 3.08. The van der Waals surface area contributed by atoms with Crippen LogP contribution in [0.3, 0.4) is 0 Å². The lowest BCUT2D eigenvalue weighted by Gasteiger charge is -2.07. The van der Waals surface area contributed by atoms with Gasteiger partial charge in [-0.25, -0.2) is 8.78 Å². The quantitative estimate of drug-likeness (QED) is 0.653. The summed E-state index contributed by atoms with van der Waals surface area (Å²) in [6, 6.07) is 3.52. The van der Waals surface area contributed by atoms with E-state index in [1.165, 1.54) is 0 Å². The van der Waals surface area contributed by atoms with Gasteiger partial charge in [0.25, 0.3) is 5.69 Å². The highest BCUT2D eigenvalue weighted by Crippen LogP contribution is 2.29. The molecule has 0 aliphatic rings. The average Bonchev–Trinajstić information content (AvgIpc) is 2.88. The number of aromatic nitrogens is 1. The number of anilines is 1. The van der Waals surface area contributed by atoms with Crippen LogP contribution in [0.15, 0.2) is 30.6 Å². The second kappa shape index (κ2) is 6.34. The predicted octanol–water partition coefficient (Wildman–Crippen LogP) is 3.70. The van der Waals surface area contributed by atoms with Crippen molar-refractivity contribution in [1.29, 1.82) is 0 Å². The summed E-state index contributed by atoms with van der Waals surface area (Å²) < 4.78 is 28.9. The molecule has 0 spiro atoms. The number of halogens is 2. The van der Waals surface area contributed by atoms with Crippen LogP contribution in [0.1, 0.15) is 18.9 Å². The Morgan fingerprint density at radius 2 is 2.10 bits per heavy atom. The fraction of sp³-hybridized carbons (Fsp3) is 0.286. The van der Waals surface area contributed by atoms with Crippen LogP contribution in [0, 0.1) is 21.7 Å². The van der Waals surface area contributed by atoms with E-state index in [9.17, 15) is 18.9 Å². The van der Waals surface area contributed by atoms with Gasteiger partial charge in [-0.05, 0) is 24.1 Å². The van der Waals surface area contributed by atoms with Crippen LogP contribution in [0.5, 0.6) is 0 Å². The number of benzene rings is 1. The zero-order chi connectivity index (χ0) is 15.4. The molecule has 5 nitrogen and oxygen atoms in total. The molecule has 21 heavy (non-hydrogen) atoms. The van der Waals surface area contributed by atoms with Crippen molar-refractivity contribution in [3.8, 4) is 0 Å². The molecule has 0 amide bonds. The molecule has 0 unspecified atom stereocenters. The zero-order valence-corrected chi connectivity index (χ0v) is 11.5. The van der Waals surface area contributed by atoms with Gasteiger partial charge < -0.3 is 9.88 Å². The van der Waals surface area contributed by atoms with Crippen molar-refractivity contribution in [2.24, 2.45) is 0 Å². The fourth-order valence-corrected chi connectivity index (χ4v) is 2.04. The van der Waals surface area contributed by atoms with Gasteiger partial charge >= 0.3 is 0 Å². The third kappa shape index (κ3) is 3.36. The first-order valence-corrected chi connectivity index (χ1v) is 6.53. The molecule has 7 heteroatoms. The summed E-state index contributed by atoms with van der Waals surface area (Å²) in [5.41, 5.74) is -0.0773. The normalized spacial score (nSPS) is 10.6. The molecule has 2 rings (SSSR count). The topological polar surface area (TPSA) is 60.1 Å². The van der Waals surface area contributed by atoms with Gasteiger partial charge in [-0.3, -0.25) is 10.1 Å². The standard InChI is InChI=1S/C14H15F2N3O2/c1-2-6-18-7-5-10(9-18)8-17-14-12(19(20)21)4-3-11(15)13(14)16/h3-5,7,9,17H,2,6,8H2,1H3. The lowest BCUT2D eigenvalue weighted by Crippen LogP contribution is -2.06. The Morgan fingerprint density at radius 3 is 2.76 bits per heavy atom. The van der Waals surface area contributed by atoms with Gasteiger partial charge in [-0.1, -0.05) is 6.92 Å². The summed E-state index contributed by atoms with van der Waals surface area (Å²) in [5, 5.41) is 13.5. The second-order valence-electron chi connectivity index (χ2n) is 4.62. The van der Waals surface area contributed by atoms with Crippen molar-refractivity contribution < 1.29 is 13.7 Å². The summed E-state index contributed by atoms with van der Waals surface area (Å²) in [7, 11) is 0. The van der Waals surface area contributed by atoms with E-state index in [1.807, 2.05) is 30.0 Å². The maximum atomic E-state index is 13.7. The van der Waals surface area contributed by atoms with Gasteiger partial charge in [0.2, 0.25) is 0 Å². The molecule has 0 bridgehead atoms. The number of rotatable bonds is 6. The van der Waals surface area contributed by atoms with E-state index >= 15 is 0 Å². The number of nitro benzene ring substituents is 1. The molecule has 0 radical (unpaired) electrons. The number of hydrogen-bond donors (Lipinski definition) is 1. The zero-order valence-electron chi connectivity index (χ0n) is 11.5. The monoisotopic (exact) mass is 295 g/mol. The second-order valence-corrected chi connectivity index (χ2v) is 4.62. The highest BCUT2D eigenvalue weighted by molar-refractivity contribution is 5.62. The molecular weight excluding hydrogens is 280 g/mol. The summed E-state index contributed by atoms with van der Waals surface area (Å²) >= 11 is 0.